The fourth-order valence-corrected chi connectivity index (χ4v) is 1.92. The number of nitrogens with zero attached hydrogens (tertiary/aromatic N) is 1. The third-order valence-electron chi connectivity index (χ3n) is 2.74. The van der Waals surface area contributed by atoms with Gasteiger partial charge in [-0.15, -0.1) is 0 Å². The molecule has 0 bridgehead atoms. The first-order valence-corrected chi connectivity index (χ1v) is 5.99. The minimum absolute atomic E-state index is 0.118. The summed E-state index contributed by atoms with van der Waals surface area (Å²) in [4.78, 5) is 22.9. The zero-order valence-corrected chi connectivity index (χ0v) is 11.3. The van der Waals surface area contributed by atoms with Gasteiger partial charge >= 0.3 is 0 Å². The second kappa shape index (κ2) is 4.93. The van der Waals surface area contributed by atoms with E-state index in [0.29, 0.717) is 16.2 Å². The lowest BCUT2D eigenvalue weighted by molar-refractivity contribution is -0.118. The summed E-state index contributed by atoms with van der Waals surface area (Å²) < 4.78 is 6.61. The zero-order chi connectivity index (χ0) is 14.2. The SMILES string of the molecule is CC(=O)COc1cc2cc(N)c(Cl)cc2n(C)c1=O. The highest BCUT2D eigenvalue weighted by Gasteiger charge is 2.10. The molecule has 0 atom stereocenters. The average molecular weight is 281 g/mol. The lowest BCUT2D eigenvalue weighted by atomic mass is 10.2. The summed E-state index contributed by atoms with van der Waals surface area (Å²) in [6.45, 7) is 1.26. The van der Waals surface area contributed by atoms with Crippen molar-refractivity contribution in [3.8, 4) is 5.75 Å². The molecule has 6 heteroatoms. The van der Waals surface area contributed by atoms with Gasteiger partial charge in [-0.05, 0) is 25.1 Å². The molecule has 2 N–H and O–H groups in total. The van der Waals surface area contributed by atoms with Crippen molar-refractivity contribution < 1.29 is 9.53 Å². The normalized spacial score (nSPS) is 10.7. The lowest BCUT2D eigenvalue weighted by Crippen LogP contribution is -2.21. The van der Waals surface area contributed by atoms with E-state index in [2.05, 4.69) is 0 Å². The number of benzene rings is 1. The van der Waals surface area contributed by atoms with E-state index in [-0.39, 0.29) is 23.7 Å². The molecule has 0 fully saturated rings. The summed E-state index contributed by atoms with van der Waals surface area (Å²) in [5.74, 6) is -0.0373. The minimum Gasteiger partial charge on any atom is -0.480 e. The molecule has 0 amide bonds. The maximum absolute atomic E-state index is 12.0. The third kappa shape index (κ3) is 2.56. The molecule has 0 aliphatic carbocycles. The van der Waals surface area contributed by atoms with Crippen LogP contribution in [0.2, 0.25) is 5.02 Å². The van der Waals surface area contributed by atoms with Gasteiger partial charge < -0.3 is 15.0 Å². The Morgan fingerprint density at radius 1 is 1.42 bits per heavy atom. The predicted octanol–water partition coefficient (Wildman–Crippen LogP) is 1.74. The molecule has 19 heavy (non-hydrogen) atoms. The number of ether oxygens (including phenoxy) is 1. The number of rotatable bonds is 3. The van der Waals surface area contributed by atoms with Crippen LogP contribution in [0, 0.1) is 0 Å². The number of aryl methyl sites for hydroxylation is 1. The molecule has 100 valence electrons. The molecule has 0 saturated heterocycles. The number of fused-ring (bicyclic) bond motifs is 1. The van der Waals surface area contributed by atoms with Crippen molar-refractivity contribution >= 4 is 34.0 Å². The van der Waals surface area contributed by atoms with Gasteiger partial charge in [-0.2, -0.15) is 0 Å². The number of carbonyl (C=O) groups excluding carboxylic acids is 1. The number of Topliss-reactive ketones (excluding diaryl/α,β-unsaturated/α-hetero) is 1. The van der Waals surface area contributed by atoms with Crippen LogP contribution < -0.4 is 16.0 Å². The van der Waals surface area contributed by atoms with E-state index >= 15 is 0 Å². The summed E-state index contributed by atoms with van der Waals surface area (Å²) in [6, 6.07) is 4.85. The molecular weight excluding hydrogens is 268 g/mol. The third-order valence-corrected chi connectivity index (χ3v) is 3.07. The topological polar surface area (TPSA) is 74.3 Å². The van der Waals surface area contributed by atoms with Gasteiger partial charge in [0.15, 0.2) is 11.5 Å². The van der Waals surface area contributed by atoms with Crippen LogP contribution >= 0.6 is 11.6 Å². The van der Waals surface area contributed by atoms with E-state index in [0.717, 1.165) is 5.39 Å². The molecule has 1 aromatic carbocycles. The van der Waals surface area contributed by atoms with E-state index in [1.807, 2.05) is 0 Å². The first kappa shape index (κ1) is 13.4. The highest BCUT2D eigenvalue weighted by molar-refractivity contribution is 6.33. The minimum atomic E-state index is -0.324. The molecule has 2 rings (SSSR count). The Morgan fingerprint density at radius 2 is 2.11 bits per heavy atom. The molecule has 2 aromatic rings. The standard InChI is InChI=1S/C13H13ClN2O3/c1-7(17)6-19-12-4-8-3-10(15)9(14)5-11(8)16(2)13(12)18/h3-5H,6,15H2,1-2H3. The Labute approximate surface area is 114 Å². The summed E-state index contributed by atoms with van der Waals surface area (Å²) >= 11 is 5.94. The fraction of sp³-hybridized carbons (Fsp3) is 0.231. The van der Waals surface area contributed by atoms with E-state index in [1.165, 1.54) is 11.5 Å². The number of carbonyl (C=O) groups is 1. The van der Waals surface area contributed by atoms with E-state index in [4.69, 9.17) is 22.1 Å². The molecule has 1 heterocycles. The second-order valence-electron chi connectivity index (χ2n) is 4.30. The fourth-order valence-electron chi connectivity index (χ4n) is 1.76. The van der Waals surface area contributed by atoms with Gasteiger partial charge in [0, 0.05) is 12.4 Å². The maximum Gasteiger partial charge on any atom is 0.293 e. The van der Waals surface area contributed by atoms with Gasteiger partial charge in [0.25, 0.3) is 5.56 Å². The van der Waals surface area contributed by atoms with Crippen molar-refractivity contribution in [1.82, 2.24) is 4.57 Å². The van der Waals surface area contributed by atoms with Gasteiger partial charge in [0.05, 0.1) is 16.2 Å². The summed E-state index contributed by atoms with van der Waals surface area (Å²) in [7, 11) is 1.61. The molecule has 0 unspecified atom stereocenters. The first-order chi connectivity index (χ1) is 8.90. The van der Waals surface area contributed by atoms with Crippen LogP contribution in [0.1, 0.15) is 6.92 Å². The van der Waals surface area contributed by atoms with Crippen LogP contribution in [0.25, 0.3) is 10.9 Å². The highest BCUT2D eigenvalue weighted by Crippen LogP contribution is 2.26. The van der Waals surface area contributed by atoms with Crippen LogP contribution in [0.3, 0.4) is 0 Å². The number of aromatic nitrogens is 1. The van der Waals surface area contributed by atoms with Crippen LogP contribution in [0.4, 0.5) is 5.69 Å². The number of halogens is 1. The Kier molecular flexibility index (Phi) is 3.48. The Hall–Kier alpha value is -2.01. The van der Waals surface area contributed by atoms with Crippen molar-refractivity contribution in [2.45, 2.75) is 6.92 Å². The quantitative estimate of drug-likeness (QED) is 0.869. The van der Waals surface area contributed by atoms with Crippen molar-refractivity contribution in [2.24, 2.45) is 7.05 Å². The molecule has 5 nitrogen and oxygen atoms in total. The average Bonchev–Trinajstić information content (AvgIpc) is 2.35. The van der Waals surface area contributed by atoms with Gasteiger partial charge in [-0.25, -0.2) is 0 Å². The Morgan fingerprint density at radius 3 is 2.74 bits per heavy atom. The number of anilines is 1. The van der Waals surface area contributed by atoms with E-state index in [1.54, 1.807) is 25.2 Å². The Bertz CT molecular complexity index is 722. The van der Waals surface area contributed by atoms with Gasteiger partial charge in [0.2, 0.25) is 0 Å². The van der Waals surface area contributed by atoms with Crippen molar-refractivity contribution in [3.63, 3.8) is 0 Å². The van der Waals surface area contributed by atoms with Crippen molar-refractivity contribution in [3.05, 3.63) is 33.6 Å². The number of nitrogens with two attached hydrogens (primary N) is 1. The molecule has 0 saturated carbocycles. The monoisotopic (exact) mass is 280 g/mol. The molecule has 1 aromatic heterocycles. The molecule has 0 spiro atoms. The van der Waals surface area contributed by atoms with E-state index in [9.17, 15) is 9.59 Å². The number of hydrogen-bond acceptors (Lipinski definition) is 4. The van der Waals surface area contributed by atoms with Gasteiger partial charge in [-0.1, -0.05) is 11.6 Å². The lowest BCUT2D eigenvalue weighted by Gasteiger charge is -2.10. The first-order valence-electron chi connectivity index (χ1n) is 5.61. The number of nitrogen functional groups attached to an aromatic ring is 1. The summed E-state index contributed by atoms with van der Waals surface area (Å²) in [6.07, 6.45) is 0. The number of pyridine rings is 1. The smallest absolute Gasteiger partial charge is 0.293 e. The number of hydrogen-bond donors (Lipinski definition) is 1. The summed E-state index contributed by atoms with van der Waals surface area (Å²) in [5.41, 5.74) is 6.48. The zero-order valence-electron chi connectivity index (χ0n) is 10.6. The molecular formula is C13H13ClN2O3. The van der Waals surface area contributed by atoms with Crippen LogP contribution in [0.5, 0.6) is 5.75 Å². The van der Waals surface area contributed by atoms with Crippen LogP contribution in [-0.4, -0.2) is 17.0 Å². The molecule has 0 aliphatic heterocycles. The van der Waals surface area contributed by atoms with E-state index < -0.39 is 0 Å². The predicted molar refractivity (Wildman–Crippen MR) is 74.8 cm³/mol. The molecule has 0 aliphatic rings. The van der Waals surface area contributed by atoms with Crippen LogP contribution in [-0.2, 0) is 11.8 Å². The number of ketones is 1. The van der Waals surface area contributed by atoms with Gasteiger partial charge in [-0.3, -0.25) is 9.59 Å². The summed E-state index contributed by atoms with van der Waals surface area (Å²) in [5, 5.41) is 1.11. The van der Waals surface area contributed by atoms with Crippen LogP contribution in [0.15, 0.2) is 23.0 Å². The largest absolute Gasteiger partial charge is 0.480 e. The Balaban J connectivity index is 2.62. The van der Waals surface area contributed by atoms with Crippen molar-refractivity contribution in [2.75, 3.05) is 12.3 Å². The second-order valence-corrected chi connectivity index (χ2v) is 4.70. The maximum atomic E-state index is 12.0. The highest BCUT2D eigenvalue weighted by atomic mass is 35.5. The molecule has 0 radical (unpaired) electrons. The van der Waals surface area contributed by atoms with Gasteiger partial charge in [0.1, 0.15) is 6.61 Å². The van der Waals surface area contributed by atoms with Crippen molar-refractivity contribution in [1.29, 1.82) is 0 Å².